The second kappa shape index (κ2) is 18.2. The summed E-state index contributed by atoms with van der Waals surface area (Å²) in [4.78, 5) is 60.7. The number of carbonyl (C=O) groups is 4. The first kappa shape index (κ1) is 39.1. The topological polar surface area (TPSA) is 132 Å². The number of fused-ring (bicyclic) bond motifs is 1. The fourth-order valence-electron chi connectivity index (χ4n) is 8.61. The zero-order valence-corrected chi connectivity index (χ0v) is 33.2. The lowest BCUT2D eigenvalue weighted by atomic mass is 9.78. The third-order valence-electron chi connectivity index (χ3n) is 11.6. The van der Waals surface area contributed by atoms with E-state index in [2.05, 4.69) is 32.8 Å². The summed E-state index contributed by atoms with van der Waals surface area (Å²) in [5.74, 6) is 0.956. The minimum Gasteiger partial charge on any atom is -0.507 e. The van der Waals surface area contributed by atoms with Gasteiger partial charge in [-0.3, -0.25) is 14.5 Å². The molecule has 2 aromatic carbocycles. The van der Waals surface area contributed by atoms with E-state index in [0.717, 1.165) is 66.4 Å². The predicted octanol–water partition coefficient (Wildman–Crippen LogP) is 5.54. The van der Waals surface area contributed by atoms with Gasteiger partial charge in [0.2, 0.25) is 0 Å². The number of carbonyl (C=O) groups excluding carboxylic acids is 4. The molecule has 4 aliphatic heterocycles. The van der Waals surface area contributed by atoms with E-state index in [1.54, 1.807) is 4.90 Å². The minimum atomic E-state index is -0.995. The van der Waals surface area contributed by atoms with Crippen molar-refractivity contribution in [3.8, 4) is 5.75 Å². The van der Waals surface area contributed by atoms with Crippen LogP contribution in [0.5, 0.6) is 5.75 Å². The molecule has 12 nitrogen and oxygen atoms in total. The number of nitrogens with zero attached hydrogens (tertiary/aromatic N) is 4. The number of aryl methyl sites for hydroxylation is 2. The zero-order valence-electron chi connectivity index (χ0n) is 31.1. The minimum absolute atomic E-state index is 0.00399. The van der Waals surface area contributed by atoms with Crippen LogP contribution in [0.4, 0.5) is 15.3 Å². The van der Waals surface area contributed by atoms with Gasteiger partial charge in [-0.1, -0.05) is 52.9 Å². The molecule has 0 aromatic heterocycles. The van der Waals surface area contributed by atoms with Crippen molar-refractivity contribution in [2.45, 2.75) is 77.4 Å². The molecule has 2 aromatic rings. The normalized spacial score (nSPS) is 20.0. The van der Waals surface area contributed by atoms with Crippen LogP contribution in [-0.2, 0) is 31.9 Å². The number of phenols is 1. The van der Waals surface area contributed by atoms with Crippen molar-refractivity contribution in [2.24, 2.45) is 11.8 Å². The first-order valence-electron chi connectivity index (χ1n) is 19.2. The van der Waals surface area contributed by atoms with Gasteiger partial charge in [0.15, 0.2) is 6.10 Å². The highest BCUT2D eigenvalue weighted by Gasteiger charge is 2.37. The lowest BCUT2D eigenvalue weighted by Crippen LogP contribution is -2.52. The van der Waals surface area contributed by atoms with Gasteiger partial charge in [0, 0.05) is 55.3 Å². The van der Waals surface area contributed by atoms with Crippen LogP contribution in [0.15, 0.2) is 36.4 Å². The van der Waals surface area contributed by atoms with Crippen LogP contribution in [0.3, 0.4) is 0 Å². The van der Waals surface area contributed by atoms with E-state index in [-0.39, 0.29) is 36.1 Å². The van der Waals surface area contributed by atoms with E-state index in [1.165, 1.54) is 0 Å². The van der Waals surface area contributed by atoms with Gasteiger partial charge < -0.3 is 34.6 Å². The average molecular weight is 844 g/mol. The second-order valence-electron chi connectivity index (χ2n) is 15.1. The number of phenolic OH excluding ortho intramolecular Hbond substituents is 1. The van der Waals surface area contributed by atoms with E-state index in [4.69, 9.17) is 9.47 Å². The number of nitrogens with one attached hydrogen (secondary N) is 1. The summed E-state index contributed by atoms with van der Waals surface area (Å²) < 4.78 is 12.1. The fourth-order valence-corrected chi connectivity index (χ4v) is 8.83. The second-order valence-corrected chi connectivity index (χ2v) is 16.2. The van der Waals surface area contributed by atoms with E-state index < -0.39 is 12.2 Å². The Hall–Kier alpha value is -3.59. The number of hydrogen-bond donors (Lipinski definition) is 2. The Balaban J connectivity index is 1.04. The summed E-state index contributed by atoms with van der Waals surface area (Å²) in [6, 6.07) is 11.5. The molecule has 4 aliphatic rings. The maximum absolute atomic E-state index is 14.2. The number of hydrogen-bond acceptors (Lipinski definition) is 8. The van der Waals surface area contributed by atoms with Crippen molar-refractivity contribution >= 4 is 52.3 Å². The molecule has 0 aliphatic carbocycles. The molecular formula is C40H54IN5O7. The summed E-state index contributed by atoms with van der Waals surface area (Å²) in [6.07, 6.45) is 4.60. The van der Waals surface area contributed by atoms with Crippen LogP contribution in [-0.4, -0.2) is 124 Å². The molecule has 288 valence electrons. The van der Waals surface area contributed by atoms with Crippen molar-refractivity contribution in [1.82, 2.24) is 19.6 Å². The van der Waals surface area contributed by atoms with Crippen LogP contribution >= 0.6 is 22.6 Å². The number of likely N-dealkylation sites (tertiary alicyclic amines) is 3. The summed E-state index contributed by atoms with van der Waals surface area (Å²) in [5, 5.41) is 13.4. The van der Waals surface area contributed by atoms with Crippen LogP contribution in [0.25, 0.3) is 0 Å². The van der Waals surface area contributed by atoms with E-state index >= 15 is 0 Å². The molecule has 3 fully saturated rings. The molecule has 0 unspecified atom stereocenters. The monoisotopic (exact) mass is 843 g/mol. The van der Waals surface area contributed by atoms with Crippen LogP contribution < -0.4 is 5.32 Å². The molecule has 0 radical (unpaired) electrons. The fraction of sp³-hybridized carbons (Fsp3) is 0.600. The van der Waals surface area contributed by atoms with Gasteiger partial charge in [-0.15, -0.1) is 0 Å². The highest BCUT2D eigenvalue weighted by molar-refractivity contribution is 14.1. The van der Waals surface area contributed by atoms with Gasteiger partial charge in [0.05, 0.1) is 6.54 Å². The number of aromatic hydroxyl groups is 1. The Morgan fingerprint density at radius 3 is 2.17 bits per heavy atom. The molecule has 4 amide bonds. The molecule has 6 rings (SSSR count). The molecule has 53 heavy (non-hydrogen) atoms. The Kier molecular flexibility index (Phi) is 13.4. The third kappa shape index (κ3) is 9.94. The molecule has 0 bridgehead atoms. The highest BCUT2D eigenvalue weighted by Crippen LogP contribution is 2.33. The lowest BCUT2D eigenvalue weighted by Gasteiger charge is -2.41. The lowest BCUT2D eigenvalue weighted by molar-refractivity contribution is -0.144. The molecule has 13 heteroatoms. The number of anilines is 1. The molecule has 2 N–H and O–H groups in total. The van der Waals surface area contributed by atoms with Gasteiger partial charge in [-0.2, -0.15) is 0 Å². The number of amides is 4. The quantitative estimate of drug-likeness (QED) is 0.181. The Bertz CT molecular complexity index is 1590. The number of alkyl halides is 1. The smallest absolute Gasteiger partial charge is 0.410 e. The number of ether oxygens (including phenoxy) is 2. The van der Waals surface area contributed by atoms with Gasteiger partial charge in [0.25, 0.3) is 5.91 Å². The van der Waals surface area contributed by atoms with Gasteiger partial charge in [-0.25, -0.2) is 9.59 Å². The Morgan fingerprint density at radius 2 is 1.51 bits per heavy atom. The maximum atomic E-state index is 14.2. The van der Waals surface area contributed by atoms with Gasteiger partial charge in [0.1, 0.15) is 12.4 Å². The van der Waals surface area contributed by atoms with Crippen molar-refractivity contribution in [3.05, 3.63) is 58.7 Å². The summed E-state index contributed by atoms with van der Waals surface area (Å²) in [5.41, 5.74) is 4.22. The number of esters is 1. The van der Waals surface area contributed by atoms with Crippen molar-refractivity contribution in [2.75, 3.05) is 68.7 Å². The van der Waals surface area contributed by atoms with E-state index in [9.17, 15) is 24.3 Å². The number of piperidine rings is 3. The molecule has 0 saturated carbocycles. The number of benzene rings is 2. The number of urea groups is 1. The maximum Gasteiger partial charge on any atom is 0.410 e. The first-order valence-corrected chi connectivity index (χ1v) is 20.7. The molecule has 3 saturated heterocycles. The van der Waals surface area contributed by atoms with Crippen LogP contribution in [0, 0.1) is 25.7 Å². The van der Waals surface area contributed by atoms with Crippen LogP contribution in [0.2, 0.25) is 0 Å². The largest absolute Gasteiger partial charge is 0.507 e. The molecule has 1 atom stereocenters. The highest BCUT2D eigenvalue weighted by atomic mass is 127. The predicted molar refractivity (Wildman–Crippen MR) is 210 cm³/mol. The van der Waals surface area contributed by atoms with Crippen molar-refractivity contribution < 1.29 is 33.8 Å². The average Bonchev–Trinajstić information content (AvgIpc) is 3.34. The van der Waals surface area contributed by atoms with Gasteiger partial charge in [-0.05, 0) is 112 Å². The number of halogens is 1. The molecular weight excluding hydrogens is 789 g/mol. The zero-order chi connectivity index (χ0) is 37.5. The number of rotatable bonds is 10. The first-order chi connectivity index (χ1) is 25.6. The van der Waals surface area contributed by atoms with E-state index in [1.807, 2.05) is 60.0 Å². The van der Waals surface area contributed by atoms with Crippen LogP contribution in [0.1, 0.15) is 60.8 Å². The van der Waals surface area contributed by atoms with E-state index in [0.29, 0.717) is 81.7 Å². The SMILES string of the molecule is Cc1cc(C[C@@H](OC(=O)N2CCC(N3CCc4ccccc4NC3=O)CC2)C(=O)N2CCC(C3CCN(CC(=O)OCCI)CC3)CC2)cc(C)c1O. The Morgan fingerprint density at radius 1 is 0.887 bits per heavy atom. The molecule has 0 spiro atoms. The summed E-state index contributed by atoms with van der Waals surface area (Å²) >= 11 is 2.20. The summed E-state index contributed by atoms with van der Waals surface area (Å²) in [7, 11) is 0. The van der Waals surface area contributed by atoms with Gasteiger partial charge >= 0.3 is 18.1 Å². The molecule has 4 heterocycles. The van der Waals surface area contributed by atoms with Crippen molar-refractivity contribution in [3.63, 3.8) is 0 Å². The summed E-state index contributed by atoms with van der Waals surface area (Å²) in [6.45, 7) is 8.92. The Labute approximate surface area is 326 Å². The third-order valence-corrected chi connectivity index (χ3v) is 12.1. The van der Waals surface area contributed by atoms with Crippen molar-refractivity contribution in [1.29, 1.82) is 0 Å². The number of para-hydroxylation sites is 1. The standard InChI is InChI=1S/C40H54IN5O7/c1-27-23-29(24-28(2)37(27)48)25-35(38(49)44-17-9-31(10-18-44)30-7-15-43(16-8-30)26-36(47)52-22-14-41)53-40(51)45-19-12-33(13-20-45)46-21-11-32-5-3-4-6-34(32)42-39(46)50/h3-6,23-24,30-31,33,35,48H,7-22,25-26H2,1-2H3,(H,42,50)/t35-/m1/s1.